The van der Waals surface area contributed by atoms with Gasteiger partial charge in [0.1, 0.15) is 5.54 Å². The highest BCUT2D eigenvalue weighted by Gasteiger charge is 2.49. The van der Waals surface area contributed by atoms with E-state index in [1.807, 2.05) is 0 Å². The molecule has 1 saturated heterocycles. The first kappa shape index (κ1) is 13.8. The van der Waals surface area contributed by atoms with E-state index in [2.05, 4.69) is 23.6 Å². The first-order chi connectivity index (χ1) is 8.43. The van der Waals surface area contributed by atoms with Crippen molar-refractivity contribution in [2.24, 2.45) is 11.7 Å². The molecule has 2 rings (SSSR count). The van der Waals surface area contributed by atoms with Crippen LogP contribution < -0.4 is 5.73 Å². The summed E-state index contributed by atoms with van der Waals surface area (Å²) >= 11 is 0. The SMILES string of the molecule is CC(C)N1CCN(CC(N)(C(=O)O)C2CC2)CC1. The largest absolute Gasteiger partial charge is 0.480 e. The van der Waals surface area contributed by atoms with E-state index in [1.54, 1.807) is 0 Å². The average Bonchev–Trinajstić information content (AvgIpc) is 3.13. The molecule has 1 heterocycles. The molecule has 3 N–H and O–H groups in total. The zero-order valence-electron chi connectivity index (χ0n) is 11.4. The van der Waals surface area contributed by atoms with Gasteiger partial charge in [-0.05, 0) is 32.6 Å². The van der Waals surface area contributed by atoms with Crippen LogP contribution in [0, 0.1) is 5.92 Å². The topological polar surface area (TPSA) is 69.8 Å². The molecule has 0 bridgehead atoms. The summed E-state index contributed by atoms with van der Waals surface area (Å²) < 4.78 is 0. The van der Waals surface area contributed by atoms with Crippen molar-refractivity contribution in [2.45, 2.75) is 38.3 Å². The van der Waals surface area contributed by atoms with Crippen molar-refractivity contribution < 1.29 is 9.90 Å². The lowest BCUT2D eigenvalue weighted by atomic mass is 9.93. The van der Waals surface area contributed by atoms with E-state index >= 15 is 0 Å². The summed E-state index contributed by atoms with van der Waals surface area (Å²) in [7, 11) is 0. The summed E-state index contributed by atoms with van der Waals surface area (Å²) in [6.45, 7) is 8.78. The van der Waals surface area contributed by atoms with Gasteiger partial charge >= 0.3 is 5.97 Å². The summed E-state index contributed by atoms with van der Waals surface area (Å²) in [5.74, 6) is -0.658. The summed E-state index contributed by atoms with van der Waals surface area (Å²) in [6, 6.07) is 0.567. The maximum absolute atomic E-state index is 11.4. The molecule has 104 valence electrons. The lowest BCUT2D eigenvalue weighted by Crippen LogP contribution is -2.61. The van der Waals surface area contributed by atoms with Gasteiger partial charge in [-0.1, -0.05) is 0 Å². The van der Waals surface area contributed by atoms with Crippen LogP contribution >= 0.6 is 0 Å². The van der Waals surface area contributed by atoms with Crippen LogP contribution in [0.5, 0.6) is 0 Å². The number of aliphatic carboxylic acids is 1. The molecule has 0 aromatic rings. The zero-order chi connectivity index (χ0) is 13.3. The third-order valence-corrected chi connectivity index (χ3v) is 4.33. The van der Waals surface area contributed by atoms with Gasteiger partial charge in [0.05, 0.1) is 0 Å². The van der Waals surface area contributed by atoms with Crippen molar-refractivity contribution in [3.8, 4) is 0 Å². The van der Waals surface area contributed by atoms with Crippen LogP contribution in [-0.4, -0.2) is 65.2 Å². The molecule has 2 fully saturated rings. The second-order valence-corrected chi connectivity index (χ2v) is 6.03. The Morgan fingerprint density at radius 1 is 1.33 bits per heavy atom. The van der Waals surface area contributed by atoms with Crippen molar-refractivity contribution in [1.82, 2.24) is 9.80 Å². The molecule has 1 unspecified atom stereocenters. The van der Waals surface area contributed by atoms with E-state index in [0.29, 0.717) is 12.6 Å². The molecular weight excluding hydrogens is 230 g/mol. The van der Waals surface area contributed by atoms with Crippen molar-refractivity contribution in [3.05, 3.63) is 0 Å². The van der Waals surface area contributed by atoms with Crippen LogP contribution in [0.3, 0.4) is 0 Å². The first-order valence-corrected chi connectivity index (χ1v) is 6.92. The average molecular weight is 255 g/mol. The molecular formula is C13H25N3O2. The Kier molecular flexibility index (Phi) is 3.94. The third kappa shape index (κ3) is 2.84. The number of hydrogen-bond acceptors (Lipinski definition) is 4. The molecule has 2 aliphatic rings. The van der Waals surface area contributed by atoms with E-state index < -0.39 is 11.5 Å². The number of hydrogen-bond donors (Lipinski definition) is 2. The van der Waals surface area contributed by atoms with Crippen molar-refractivity contribution in [2.75, 3.05) is 32.7 Å². The minimum absolute atomic E-state index is 0.179. The molecule has 5 nitrogen and oxygen atoms in total. The quantitative estimate of drug-likeness (QED) is 0.734. The number of piperazine rings is 1. The maximum atomic E-state index is 11.4. The van der Waals surface area contributed by atoms with Gasteiger partial charge in [-0.25, -0.2) is 0 Å². The highest BCUT2D eigenvalue weighted by atomic mass is 16.4. The number of carboxylic acid groups (broad SMARTS) is 1. The molecule has 0 aromatic heterocycles. The number of carboxylic acids is 1. The molecule has 0 radical (unpaired) electrons. The molecule has 0 amide bonds. The predicted octanol–water partition coefficient (Wildman–Crippen LogP) is 0.205. The summed E-state index contributed by atoms with van der Waals surface area (Å²) in [5, 5.41) is 9.35. The first-order valence-electron chi connectivity index (χ1n) is 6.92. The molecule has 1 aliphatic heterocycles. The smallest absolute Gasteiger partial charge is 0.325 e. The normalized spacial score (nSPS) is 26.2. The van der Waals surface area contributed by atoms with Gasteiger partial charge < -0.3 is 10.8 Å². The maximum Gasteiger partial charge on any atom is 0.325 e. The van der Waals surface area contributed by atoms with Gasteiger partial charge in [0, 0.05) is 38.8 Å². The van der Waals surface area contributed by atoms with E-state index in [1.165, 1.54) is 0 Å². The van der Waals surface area contributed by atoms with Gasteiger partial charge in [0.2, 0.25) is 0 Å². The highest BCUT2D eigenvalue weighted by Crippen LogP contribution is 2.39. The minimum atomic E-state index is -1.03. The van der Waals surface area contributed by atoms with Crippen LogP contribution in [0.1, 0.15) is 26.7 Å². The standard InChI is InChI=1S/C13H25N3O2/c1-10(2)16-7-5-15(6-8-16)9-13(14,12(17)18)11-3-4-11/h10-11H,3-9,14H2,1-2H3,(H,17,18). The minimum Gasteiger partial charge on any atom is -0.480 e. The molecule has 0 spiro atoms. The summed E-state index contributed by atoms with van der Waals surface area (Å²) in [4.78, 5) is 16.0. The van der Waals surface area contributed by atoms with Gasteiger partial charge in [-0.15, -0.1) is 0 Å². The predicted molar refractivity (Wildman–Crippen MR) is 70.4 cm³/mol. The fraction of sp³-hybridized carbons (Fsp3) is 0.923. The van der Waals surface area contributed by atoms with Crippen LogP contribution in [0.25, 0.3) is 0 Å². The van der Waals surface area contributed by atoms with E-state index in [-0.39, 0.29) is 5.92 Å². The fourth-order valence-electron chi connectivity index (χ4n) is 2.78. The Morgan fingerprint density at radius 3 is 2.28 bits per heavy atom. The van der Waals surface area contributed by atoms with Crippen molar-refractivity contribution in [1.29, 1.82) is 0 Å². The summed E-state index contributed by atoms with van der Waals surface area (Å²) in [6.07, 6.45) is 1.93. The summed E-state index contributed by atoms with van der Waals surface area (Å²) in [5.41, 5.74) is 5.09. The van der Waals surface area contributed by atoms with Crippen molar-refractivity contribution >= 4 is 5.97 Å². The Morgan fingerprint density at radius 2 is 1.89 bits per heavy atom. The Balaban J connectivity index is 1.88. The number of carbonyl (C=O) groups is 1. The lowest BCUT2D eigenvalue weighted by molar-refractivity contribution is -0.145. The van der Waals surface area contributed by atoms with E-state index in [9.17, 15) is 9.90 Å². The van der Waals surface area contributed by atoms with Crippen LogP contribution in [0.15, 0.2) is 0 Å². The molecule has 1 saturated carbocycles. The Hall–Kier alpha value is -0.650. The van der Waals surface area contributed by atoms with E-state index in [4.69, 9.17) is 5.73 Å². The molecule has 1 atom stereocenters. The van der Waals surface area contributed by atoms with Gasteiger partial charge in [0.15, 0.2) is 0 Å². The fourth-order valence-corrected chi connectivity index (χ4v) is 2.78. The monoisotopic (exact) mass is 255 g/mol. The number of nitrogens with two attached hydrogens (primary N) is 1. The molecule has 1 aliphatic carbocycles. The Labute approximate surface area is 109 Å². The molecule has 18 heavy (non-hydrogen) atoms. The van der Waals surface area contributed by atoms with Crippen LogP contribution in [-0.2, 0) is 4.79 Å². The third-order valence-electron chi connectivity index (χ3n) is 4.33. The van der Waals surface area contributed by atoms with Gasteiger partial charge in [0.25, 0.3) is 0 Å². The number of nitrogens with zero attached hydrogens (tertiary/aromatic N) is 2. The number of rotatable bonds is 5. The molecule has 0 aromatic carbocycles. The second-order valence-electron chi connectivity index (χ2n) is 6.03. The van der Waals surface area contributed by atoms with Crippen LogP contribution in [0.2, 0.25) is 0 Å². The second kappa shape index (κ2) is 5.15. The van der Waals surface area contributed by atoms with E-state index in [0.717, 1.165) is 39.0 Å². The molecule has 5 heteroatoms. The zero-order valence-corrected chi connectivity index (χ0v) is 11.4. The highest BCUT2D eigenvalue weighted by molar-refractivity contribution is 5.79. The van der Waals surface area contributed by atoms with Crippen molar-refractivity contribution in [3.63, 3.8) is 0 Å². The Bertz CT molecular complexity index is 309. The van der Waals surface area contributed by atoms with Gasteiger partial charge in [-0.2, -0.15) is 0 Å². The lowest BCUT2D eigenvalue weighted by Gasteiger charge is -2.40. The van der Waals surface area contributed by atoms with Gasteiger partial charge in [-0.3, -0.25) is 14.6 Å². The van der Waals surface area contributed by atoms with Crippen LogP contribution in [0.4, 0.5) is 0 Å².